The van der Waals surface area contributed by atoms with Gasteiger partial charge in [0.2, 0.25) is 0 Å². The third-order valence-corrected chi connectivity index (χ3v) is 11.2. The van der Waals surface area contributed by atoms with Gasteiger partial charge in [-0.25, -0.2) is 4.79 Å². The molecule has 0 unspecified atom stereocenters. The first-order chi connectivity index (χ1) is 20.2. The van der Waals surface area contributed by atoms with E-state index in [0.29, 0.717) is 23.1 Å². The van der Waals surface area contributed by atoms with E-state index in [1.165, 1.54) is 19.3 Å². The molecule has 0 saturated heterocycles. The van der Waals surface area contributed by atoms with E-state index in [1.807, 2.05) is 13.8 Å². The number of allylic oxidation sites excluding steroid dienone is 1. The third kappa shape index (κ3) is 5.25. The number of carbonyl (C=O) groups excluding carboxylic acids is 3. The van der Waals surface area contributed by atoms with Gasteiger partial charge in [-0.2, -0.15) is 0 Å². The summed E-state index contributed by atoms with van der Waals surface area (Å²) < 4.78 is 12.6. The minimum Gasteiger partial charge on any atom is -0.454 e. The number of rotatable bonds is 12. The fourth-order valence-corrected chi connectivity index (χ4v) is 8.62. The minimum absolute atomic E-state index is 0.118. The first kappa shape index (κ1) is 33.6. The second-order valence-corrected chi connectivity index (χ2v) is 14.1. The lowest BCUT2D eigenvalue weighted by molar-refractivity contribution is -0.227. The molecule has 4 aliphatic carbocycles. The number of aliphatic hydroxyl groups is 3. The average Bonchev–Trinajstić information content (AvgIpc) is 3.39. The summed E-state index contributed by atoms with van der Waals surface area (Å²) in [6.45, 7) is 12.4. The van der Waals surface area contributed by atoms with Crippen molar-refractivity contribution in [3.05, 3.63) is 34.9 Å². The predicted octanol–water partition coefficient (Wildman–Crippen LogP) is 5.14. The SMILES string of the molecule is C/C=C(/C)C(=O)O[C@@H]1[C@@H](C)[C@@]2(O)[C@@H](C=C(CO)C[C@]3(O)C(=O)C(C)=C[C@@H]23)[C@@H]2C(C)(C)[C@]12OC(=O)CCCCCCCCC. The van der Waals surface area contributed by atoms with Gasteiger partial charge < -0.3 is 24.8 Å². The Morgan fingerprint density at radius 1 is 1.07 bits per heavy atom. The first-order valence-corrected chi connectivity index (χ1v) is 16.2. The van der Waals surface area contributed by atoms with Gasteiger partial charge in [-0.15, -0.1) is 0 Å². The molecule has 0 aromatic carbocycles. The van der Waals surface area contributed by atoms with Crippen molar-refractivity contribution in [1.82, 2.24) is 0 Å². The number of esters is 2. The van der Waals surface area contributed by atoms with Gasteiger partial charge >= 0.3 is 11.9 Å². The van der Waals surface area contributed by atoms with Gasteiger partial charge in [-0.05, 0) is 38.3 Å². The molecule has 8 heteroatoms. The van der Waals surface area contributed by atoms with Crippen molar-refractivity contribution in [2.75, 3.05) is 6.61 Å². The molecule has 0 bridgehead atoms. The summed E-state index contributed by atoms with van der Waals surface area (Å²) in [7, 11) is 0. The number of carbonyl (C=O) groups is 3. The van der Waals surface area contributed by atoms with Crippen molar-refractivity contribution in [3.8, 4) is 0 Å². The van der Waals surface area contributed by atoms with Crippen LogP contribution in [0.5, 0.6) is 0 Å². The summed E-state index contributed by atoms with van der Waals surface area (Å²) in [5, 5.41) is 35.0. The van der Waals surface area contributed by atoms with E-state index in [2.05, 4.69) is 6.92 Å². The Hall–Kier alpha value is -2.29. The molecule has 2 fully saturated rings. The maximum Gasteiger partial charge on any atom is 0.333 e. The highest BCUT2D eigenvalue weighted by Gasteiger charge is 2.88. The molecular formula is C35H52O8. The Bertz CT molecular complexity index is 1210. The molecule has 2 saturated carbocycles. The molecule has 4 aliphatic rings. The van der Waals surface area contributed by atoms with Gasteiger partial charge in [0, 0.05) is 47.5 Å². The van der Waals surface area contributed by atoms with Crippen LogP contribution in [-0.4, -0.2) is 62.6 Å². The van der Waals surface area contributed by atoms with Gasteiger partial charge in [0.15, 0.2) is 11.4 Å². The van der Waals surface area contributed by atoms with Crippen LogP contribution >= 0.6 is 0 Å². The van der Waals surface area contributed by atoms with Crippen LogP contribution < -0.4 is 0 Å². The number of unbranched alkanes of at least 4 members (excludes halogenated alkanes) is 6. The molecule has 0 radical (unpaired) electrons. The summed E-state index contributed by atoms with van der Waals surface area (Å²) in [6, 6.07) is 0. The standard InChI is InChI=1S/C35H52O8/c1-8-10-11-12-13-14-15-16-27(37)43-35-28(32(35,6)7)25-18-24(20-36)19-33(40)26(17-22(4)29(33)38)34(25,41)23(5)30(35)42-31(39)21(3)9-2/h9,17-18,23,25-26,28,30,36,40-41H,8,10-16,19-20H2,1-7H3/b21-9-/t23-,25+,26-,28-,30-,33-,34-,35-/m1/s1. The van der Waals surface area contributed by atoms with Gasteiger partial charge in [0.25, 0.3) is 0 Å². The zero-order chi connectivity index (χ0) is 32.0. The van der Waals surface area contributed by atoms with Crippen LogP contribution in [0.25, 0.3) is 0 Å². The van der Waals surface area contributed by atoms with Crippen molar-refractivity contribution in [3.63, 3.8) is 0 Å². The molecule has 8 nitrogen and oxygen atoms in total. The molecule has 0 heterocycles. The Kier molecular flexibility index (Phi) is 9.57. The number of hydrogen-bond donors (Lipinski definition) is 3. The zero-order valence-electron chi connectivity index (χ0n) is 27.1. The fraction of sp³-hybridized carbons (Fsp3) is 0.743. The van der Waals surface area contributed by atoms with Crippen LogP contribution in [0.2, 0.25) is 0 Å². The third-order valence-electron chi connectivity index (χ3n) is 11.2. The van der Waals surface area contributed by atoms with Crippen LogP contribution in [0.4, 0.5) is 0 Å². The molecule has 0 spiro atoms. The van der Waals surface area contributed by atoms with Crippen LogP contribution in [0.3, 0.4) is 0 Å². The molecule has 43 heavy (non-hydrogen) atoms. The molecular weight excluding hydrogens is 548 g/mol. The second-order valence-electron chi connectivity index (χ2n) is 14.1. The summed E-state index contributed by atoms with van der Waals surface area (Å²) in [5.74, 6) is -4.44. The van der Waals surface area contributed by atoms with Crippen LogP contribution in [-0.2, 0) is 23.9 Å². The van der Waals surface area contributed by atoms with Gasteiger partial charge in [0.1, 0.15) is 11.7 Å². The lowest BCUT2D eigenvalue weighted by atomic mass is 9.59. The number of ketones is 1. The number of ether oxygens (including phenoxy) is 2. The molecule has 0 aromatic rings. The van der Waals surface area contributed by atoms with Crippen LogP contribution in [0, 0.1) is 29.1 Å². The van der Waals surface area contributed by atoms with Crippen molar-refractivity contribution in [1.29, 1.82) is 0 Å². The Labute approximate surface area is 256 Å². The Morgan fingerprint density at radius 2 is 1.70 bits per heavy atom. The largest absolute Gasteiger partial charge is 0.454 e. The van der Waals surface area contributed by atoms with E-state index in [9.17, 15) is 29.7 Å². The molecule has 0 aliphatic heterocycles. The van der Waals surface area contributed by atoms with Crippen molar-refractivity contribution < 1.29 is 39.2 Å². The Morgan fingerprint density at radius 3 is 2.30 bits per heavy atom. The molecule has 8 atom stereocenters. The van der Waals surface area contributed by atoms with Gasteiger partial charge in [-0.1, -0.05) is 84.4 Å². The number of aliphatic hydroxyl groups excluding tert-OH is 1. The topological polar surface area (TPSA) is 130 Å². The number of Topliss-reactive ketones (excluding diaryl/α,β-unsaturated/α-hetero) is 1. The van der Waals surface area contributed by atoms with E-state index in [1.54, 1.807) is 45.9 Å². The summed E-state index contributed by atoms with van der Waals surface area (Å²) in [5.41, 5.74) is -4.46. The fourth-order valence-electron chi connectivity index (χ4n) is 8.62. The van der Waals surface area contributed by atoms with Crippen molar-refractivity contribution in [2.24, 2.45) is 29.1 Å². The average molecular weight is 601 g/mol. The molecule has 0 aromatic heterocycles. The van der Waals surface area contributed by atoms with E-state index in [0.717, 1.165) is 19.3 Å². The van der Waals surface area contributed by atoms with Gasteiger partial charge in [0.05, 0.1) is 12.2 Å². The van der Waals surface area contributed by atoms with Crippen molar-refractivity contribution in [2.45, 2.75) is 129 Å². The number of fused-ring (bicyclic) bond motifs is 5. The summed E-state index contributed by atoms with van der Waals surface area (Å²) in [4.78, 5) is 40.0. The lowest BCUT2D eigenvalue weighted by Gasteiger charge is -2.53. The van der Waals surface area contributed by atoms with E-state index >= 15 is 0 Å². The molecule has 0 amide bonds. The molecule has 3 N–H and O–H groups in total. The highest BCUT2D eigenvalue weighted by Crippen LogP contribution is 2.77. The normalized spacial score (nSPS) is 37.8. The van der Waals surface area contributed by atoms with Crippen LogP contribution in [0.15, 0.2) is 34.9 Å². The lowest BCUT2D eigenvalue weighted by Crippen LogP contribution is -2.66. The van der Waals surface area contributed by atoms with E-state index in [4.69, 9.17) is 9.47 Å². The van der Waals surface area contributed by atoms with Gasteiger partial charge in [-0.3, -0.25) is 9.59 Å². The summed E-state index contributed by atoms with van der Waals surface area (Å²) in [6.07, 6.45) is 11.6. The Balaban J connectivity index is 1.73. The first-order valence-electron chi connectivity index (χ1n) is 16.2. The highest BCUT2D eigenvalue weighted by molar-refractivity contribution is 6.04. The maximum atomic E-state index is 13.5. The van der Waals surface area contributed by atoms with E-state index in [-0.39, 0.29) is 25.4 Å². The number of hydrogen-bond acceptors (Lipinski definition) is 8. The highest BCUT2D eigenvalue weighted by atomic mass is 16.6. The molecule has 240 valence electrons. The summed E-state index contributed by atoms with van der Waals surface area (Å²) >= 11 is 0. The maximum absolute atomic E-state index is 13.5. The monoisotopic (exact) mass is 600 g/mol. The second kappa shape index (κ2) is 12.2. The molecule has 4 rings (SSSR count). The predicted molar refractivity (Wildman–Crippen MR) is 163 cm³/mol. The smallest absolute Gasteiger partial charge is 0.333 e. The van der Waals surface area contributed by atoms with Crippen molar-refractivity contribution >= 4 is 17.7 Å². The van der Waals surface area contributed by atoms with Crippen LogP contribution in [0.1, 0.15) is 106 Å². The zero-order valence-corrected chi connectivity index (χ0v) is 27.1. The minimum atomic E-state index is -1.95. The quantitative estimate of drug-likeness (QED) is 0.122. The van der Waals surface area contributed by atoms with E-state index < -0.39 is 63.7 Å².